The van der Waals surface area contributed by atoms with Gasteiger partial charge in [0.15, 0.2) is 0 Å². The molecule has 2 aromatic rings. The van der Waals surface area contributed by atoms with Crippen molar-refractivity contribution in [1.29, 1.82) is 0 Å². The fraction of sp³-hybridized carbons (Fsp3) is 0.500. The van der Waals surface area contributed by atoms with Crippen LogP contribution in [0, 0.1) is 0 Å². The number of H-pyrrole nitrogens is 1. The van der Waals surface area contributed by atoms with E-state index in [9.17, 15) is 9.59 Å². The van der Waals surface area contributed by atoms with E-state index in [1.807, 2.05) is 32.2 Å². The van der Waals surface area contributed by atoms with Gasteiger partial charge in [-0.15, -0.1) is 11.3 Å². The molecule has 1 amide bonds. The van der Waals surface area contributed by atoms with E-state index >= 15 is 0 Å². The van der Waals surface area contributed by atoms with Gasteiger partial charge in [0.2, 0.25) is 5.91 Å². The van der Waals surface area contributed by atoms with Crippen molar-refractivity contribution in [3.05, 3.63) is 27.6 Å². The van der Waals surface area contributed by atoms with Crippen molar-refractivity contribution in [1.82, 2.24) is 20.2 Å². The van der Waals surface area contributed by atoms with E-state index < -0.39 is 5.54 Å². The van der Waals surface area contributed by atoms with Crippen LogP contribution < -0.4 is 10.9 Å². The third kappa shape index (κ3) is 3.30. The second kappa shape index (κ2) is 5.95. The predicted molar refractivity (Wildman–Crippen MR) is 84.5 cm³/mol. The SMILES string of the molecule is CCNC(C)(C)C(=O)N(C)Cc1nc2ccsc2c(=O)[nH]1. The lowest BCUT2D eigenvalue weighted by Crippen LogP contribution is -2.52. The van der Waals surface area contributed by atoms with E-state index in [0.717, 1.165) is 0 Å². The molecule has 0 saturated carbocycles. The Hall–Kier alpha value is -1.73. The Morgan fingerprint density at radius 1 is 1.52 bits per heavy atom. The summed E-state index contributed by atoms with van der Waals surface area (Å²) in [4.78, 5) is 33.0. The molecular formula is C14H20N4O2S. The zero-order chi connectivity index (χ0) is 15.6. The van der Waals surface area contributed by atoms with Gasteiger partial charge in [-0.1, -0.05) is 6.92 Å². The quantitative estimate of drug-likeness (QED) is 0.873. The summed E-state index contributed by atoms with van der Waals surface area (Å²) in [5, 5.41) is 4.98. The molecule has 0 aliphatic rings. The van der Waals surface area contributed by atoms with Gasteiger partial charge in [-0.2, -0.15) is 0 Å². The first-order valence-electron chi connectivity index (χ1n) is 6.82. The molecule has 6 nitrogen and oxygen atoms in total. The second-order valence-corrected chi connectivity index (χ2v) is 6.38. The monoisotopic (exact) mass is 308 g/mol. The third-order valence-corrected chi connectivity index (χ3v) is 4.15. The smallest absolute Gasteiger partial charge is 0.268 e. The summed E-state index contributed by atoms with van der Waals surface area (Å²) in [6.07, 6.45) is 0. The second-order valence-electron chi connectivity index (χ2n) is 5.46. The molecule has 0 aromatic carbocycles. The van der Waals surface area contributed by atoms with E-state index in [1.165, 1.54) is 11.3 Å². The molecule has 2 heterocycles. The van der Waals surface area contributed by atoms with Gasteiger partial charge in [-0.25, -0.2) is 4.98 Å². The number of likely N-dealkylation sites (N-methyl/N-ethyl adjacent to an activating group) is 2. The molecule has 0 saturated heterocycles. The van der Waals surface area contributed by atoms with Crippen molar-refractivity contribution in [3.8, 4) is 0 Å². The minimum Gasteiger partial charge on any atom is -0.337 e. The molecule has 2 rings (SSSR count). The largest absolute Gasteiger partial charge is 0.337 e. The lowest BCUT2D eigenvalue weighted by atomic mass is 10.0. The van der Waals surface area contributed by atoms with Gasteiger partial charge in [-0.3, -0.25) is 9.59 Å². The van der Waals surface area contributed by atoms with E-state index in [2.05, 4.69) is 15.3 Å². The van der Waals surface area contributed by atoms with Crippen LogP contribution in [0.5, 0.6) is 0 Å². The normalized spacial score (nSPS) is 11.8. The fourth-order valence-electron chi connectivity index (χ4n) is 2.29. The first-order chi connectivity index (χ1) is 9.85. The molecule has 21 heavy (non-hydrogen) atoms. The van der Waals surface area contributed by atoms with Gasteiger partial charge in [0.25, 0.3) is 5.56 Å². The van der Waals surface area contributed by atoms with Crippen LogP contribution in [-0.4, -0.2) is 39.9 Å². The van der Waals surface area contributed by atoms with Gasteiger partial charge in [0.05, 0.1) is 17.6 Å². The van der Waals surface area contributed by atoms with Crippen LogP contribution in [0.25, 0.3) is 10.2 Å². The highest BCUT2D eigenvalue weighted by Gasteiger charge is 2.29. The van der Waals surface area contributed by atoms with Crippen LogP contribution in [0.1, 0.15) is 26.6 Å². The topological polar surface area (TPSA) is 78.1 Å². The van der Waals surface area contributed by atoms with Crippen LogP contribution in [0.3, 0.4) is 0 Å². The standard InChI is InChI=1S/C14H20N4O2S/c1-5-15-14(2,3)13(20)18(4)8-10-16-9-6-7-21-11(9)12(19)17-10/h6-7,15H,5,8H2,1-4H3,(H,16,17,19). The van der Waals surface area contributed by atoms with Gasteiger partial charge < -0.3 is 15.2 Å². The summed E-state index contributed by atoms with van der Waals surface area (Å²) in [5.41, 5.74) is -0.127. The van der Waals surface area contributed by atoms with E-state index in [0.29, 0.717) is 22.6 Å². The predicted octanol–water partition coefficient (Wildman–Crippen LogP) is 1.33. The van der Waals surface area contributed by atoms with Crippen LogP contribution in [0.2, 0.25) is 0 Å². The van der Waals surface area contributed by atoms with Crippen molar-refractivity contribution < 1.29 is 4.79 Å². The number of nitrogens with zero attached hydrogens (tertiary/aromatic N) is 2. The Morgan fingerprint density at radius 2 is 2.24 bits per heavy atom. The van der Waals surface area contributed by atoms with E-state index in [-0.39, 0.29) is 18.0 Å². The summed E-state index contributed by atoms with van der Waals surface area (Å²) >= 11 is 1.36. The molecule has 0 aliphatic heterocycles. The van der Waals surface area contributed by atoms with Crippen LogP contribution in [0.15, 0.2) is 16.2 Å². The molecule has 2 aromatic heterocycles. The van der Waals surface area contributed by atoms with Crippen molar-refractivity contribution in [2.24, 2.45) is 0 Å². The first-order valence-corrected chi connectivity index (χ1v) is 7.70. The number of thiophene rings is 1. The fourth-order valence-corrected chi connectivity index (χ4v) is 3.01. The molecule has 0 radical (unpaired) electrons. The number of nitrogens with one attached hydrogen (secondary N) is 2. The number of amides is 1. The molecule has 0 fully saturated rings. The molecule has 0 atom stereocenters. The zero-order valence-corrected chi connectivity index (χ0v) is 13.5. The average Bonchev–Trinajstić information content (AvgIpc) is 2.86. The molecule has 0 aliphatic carbocycles. The highest BCUT2D eigenvalue weighted by atomic mass is 32.1. The number of carbonyl (C=O) groups is 1. The maximum Gasteiger partial charge on any atom is 0.268 e. The average molecular weight is 308 g/mol. The molecule has 7 heteroatoms. The molecule has 0 bridgehead atoms. The third-order valence-electron chi connectivity index (χ3n) is 3.25. The van der Waals surface area contributed by atoms with Crippen LogP contribution in [0.4, 0.5) is 0 Å². The maximum atomic E-state index is 12.4. The van der Waals surface area contributed by atoms with Gasteiger partial charge in [-0.05, 0) is 31.8 Å². The van der Waals surface area contributed by atoms with Crippen molar-refractivity contribution in [3.63, 3.8) is 0 Å². The van der Waals surface area contributed by atoms with Gasteiger partial charge >= 0.3 is 0 Å². The number of aromatic nitrogens is 2. The maximum absolute atomic E-state index is 12.4. The van der Waals surface area contributed by atoms with Crippen LogP contribution in [-0.2, 0) is 11.3 Å². The van der Waals surface area contributed by atoms with E-state index in [1.54, 1.807) is 11.9 Å². The van der Waals surface area contributed by atoms with Crippen molar-refractivity contribution in [2.75, 3.05) is 13.6 Å². The van der Waals surface area contributed by atoms with Gasteiger partial charge in [0, 0.05) is 7.05 Å². The molecule has 2 N–H and O–H groups in total. The number of aromatic amines is 1. The zero-order valence-electron chi connectivity index (χ0n) is 12.7. The Kier molecular flexibility index (Phi) is 4.43. The summed E-state index contributed by atoms with van der Waals surface area (Å²) in [5.74, 6) is 0.450. The molecule has 0 unspecified atom stereocenters. The van der Waals surface area contributed by atoms with Crippen LogP contribution >= 0.6 is 11.3 Å². The Bertz CT molecular complexity index is 704. The highest BCUT2D eigenvalue weighted by molar-refractivity contribution is 7.17. The minimum absolute atomic E-state index is 0.0441. The summed E-state index contributed by atoms with van der Waals surface area (Å²) in [6, 6.07) is 1.81. The summed E-state index contributed by atoms with van der Waals surface area (Å²) in [7, 11) is 1.71. The van der Waals surface area contributed by atoms with Crippen molar-refractivity contribution >= 4 is 27.5 Å². The molecule has 0 spiro atoms. The Balaban J connectivity index is 2.19. The highest BCUT2D eigenvalue weighted by Crippen LogP contribution is 2.14. The Morgan fingerprint density at radius 3 is 2.90 bits per heavy atom. The minimum atomic E-state index is -0.643. The number of carbonyl (C=O) groups excluding carboxylic acids is 1. The lowest BCUT2D eigenvalue weighted by Gasteiger charge is -2.29. The van der Waals surface area contributed by atoms with Gasteiger partial charge in [0.1, 0.15) is 10.5 Å². The summed E-state index contributed by atoms with van der Waals surface area (Å²) in [6.45, 7) is 6.62. The summed E-state index contributed by atoms with van der Waals surface area (Å²) < 4.78 is 0.612. The molecular weight excluding hydrogens is 288 g/mol. The Labute approximate surface area is 127 Å². The molecule has 114 valence electrons. The lowest BCUT2D eigenvalue weighted by molar-refractivity contribution is -0.136. The van der Waals surface area contributed by atoms with E-state index in [4.69, 9.17) is 0 Å². The number of hydrogen-bond acceptors (Lipinski definition) is 5. The first kappa shape index (κ1) is 15.7. The number of rotatable bonds is 5. The number of hydrogen-bond donors (Lipinski definition) is 2. The number of fused-ring (bicyclic) bond motifs is 1. The van der Waals surface area contributed by atoms with Crippen molar-refractivity contribution in [2.45, 2.75) is 32.9 Å².